The summed E-state index contributed by atoms with van der Waals surface area (Å²) < 4.78 is 48.9. The number of nitrogen functional groups attached to an aromatic ring is 1. The van der Waals surface area contributed by atoms with Crippen LogP contribution in [0.5, 0.6) is 0 Å². The molecule has 0 bridgehead atoms. The number of halogens is 3. The van der Waals surface area contributed by atoms with Crippen LogP contribution in [-0.2, 0) is 10.9 Å². The van der Waals surface area contributed by atoms with Crippen molar-refractivity contribution in [2.24, 2.45) is 0 Å². The number of benzene rings is 2. The van der Waals surface area contributed by atoms with Crippen molar-refractivity contribution < 1.29 is 27.1 Å². The number of anilines is 1. The maximum atomic E-state index is 12.7. The van der Waals surface area contributed by atoms with E-state index in [-0.39, 0.29) is 24.0 Å². The molecule has 140 valence electrons. The van der Waals surface area contributed by atoms with Crippen molar-refractivity contribution in [2.75, 3.05) is 12.3 Å². The third kappa shape index (κ3) is 3.94. The number of hydrogen-bond donors (Lipinski definition) is 1. The lowest BCUT2D eigenvalue weighted by Gasteiger charge is -2.06. The molecule has 0 aliphatic heterocycles. The van der Waals surface area contributed by atoms with Crippen molar-refractivity contribution in [3.05, 3.63) is 59.8 Å². The molecule has 0 atom stereocenters. The molecule has 5 nitrogen and oxygen atoms in total. The van der Waals surface area contributed by atoms with Gasteiger partial charge in [-0.1, -0.05) is 0 Å². The van der Waals surface area contributed by atoms with E-state index in [4.69, 9.17) is 14.9 Å². The lowest BCUT2D eigenvalue weighted by atomic mass is 10.1. The lowest BCUT2D eigenvalue weighted by molar-refractivity contribution is -0.137. The van der Waals surface area contributed by atoms with Gasteiger partial charge < -0.3 is 14.9 Å². The molecule has 0 saturated heterocycles. The van der Waals surface area contributed by atoms with Crippen LogP contribution in [0, 0.1) is 0 Å². The number of hydrogen-bond acceptors (Lipinski definition) is 5. The molecule has 0 saturated carbocycles. The molecule has 0 aliphatic rings. The second-order valence-corrected chi connectivity index (χ2v) is 5.61. The summed E-state index contributed by atoms with van der Waals surface area (Å²) >= 11 is 0. The summed E-state index contributed by atoms with van der Waals surface area (Å²) in [6.45, 7) is 1.79. The number of alkyl halides is 3. The Balaban J connectivity index is 2.05. The number of oxazole rings is 1. The number of ether oxygens (including phenoxy) is 1. The van der Waals surface area contributed by atoms with Gasteiger partial charge in [0.05, 0.1) is 12.2 Å². The van der Waals surface area contributed by atoms with Crippen LogP contribution >= 0.6 is 0 Å². The highest BCUT2D eigenvalue weighted by Gasteiger charge is 2.30. The molecule has 0 aliphatic carbocycles. The summed E-state index contributed by atoms with van der Waals surface area (Å²) in [5, 5.41) is 0. The van der Waals surface area contributed by atoms with Gasteiger partial charge >= 0.3 is 12.1 Å². The summed E-state index contributed by atoms with van der Waals surface area (Å²) in [4.78, 5) is 16.4. The van der Waals surface area contributed by atoms with E-state index in [0.29, 0.717) is 16.8 Å². The van der Waals surface area contributed by atoms with Crippen LogP contribution in [0.3, 0.4) is 0 Å². The van der Waals surface area contributed by atoms with Crippen molar-refractivity contribution in [3.8, 4) is 22.8 Å². The minimum absolute atomic E-state index is 0.0126. The van der Waals surface area contributed by atoms with Crippen molar-refractivity contribution >= 4 is 11.7 Å². The van der Waals surface area contributed by atoms with Crippen LogP contribution < -0.4 is 5.73 Å². The van der Waals surface area contributed by atoms with E-state index < -0.39 is 17.7 Å². The Bertz CT molecular complexity index is 946. The van der Waals surface area contributed by atoms with Gasteiger partial charge in [0.15, 0.2) is 11.5 Å². The van der Waals surface area contributed by atoms with Gasteiger partial charge in [-0.05, 0) is 55.5 Å². The van der Waals surface area contributed by atoms with Crippen LogP contribution in [0.1, 0.15) is 23.0 Å². The molecule has 1 heterocycles. The van der Waals surface area contributed by atoms with E-state index >= 15 is 0 Å². The zero-order valence-electron chi connectivity index (χ0n) is 14.2. The first-order valence-corrected chi connectivity index (χ1v) is 8.01. The quantitative estimate of drug-likeness (QED) is 0.523. The van der Waals surface area contributed by atoms with Gasteiger partial charge in [-0.15, -0.1) is 0 Å². The highest BCUT2D eigenvalue weighted by molar-refractivity contribution is 5.94. The van der Waals surface area contributed by atoms with Crippen molar-refractivity contribution in [1.82, 2.24) is 4.98 Å². The Morgan fingerprint density at radius 2 is 1.67 bits per heavy atom. The van der Waals surface area contributed by atoms with Crippen LogP contribution in [0.25, 0.3) is 22.8 Å². The summed E-state index contributed by atoms with van der Waals surface area (Å²) in [6.07, 6.45) is -4.44. The van der Waals surface area contributed by atoms with Crippen LogP contribution in [-0.4, -0.2) is 17.6 Å². The number of nitrogens with two attached hydrogens (primary N) is 1. The topological polar surface area (TPSA) is 78.3 Å². The predicted molar refractivity (Wildman–Crippen MR) is 92.7 cm³/mol. The third-order valence-corrected chi connectivity index (χ3v) is 3.73. The van der Waals surface area contributed by atoms with Gasteiger partial charge in [0.25, 0.3) is 0 Å². The lowest BCUT2D eigenvalue weighted by Crippen LogP contribution is -2.06. The van der Waals surface area contributed by atoms with Crippen molar-refractivity contribution in [1.29, 1.82) is 0 Å². The van der Waals surface area contributed by atoms with Gasteiger partial charge in [0.2, 0.25) is 5.89 Å². The van der Waals surface area contributed by atoms with Gasteiger partial charge in [-0.25, -0.2) is 9.78 Å². The number of nitrogens with zero attached hydrogens (tertiary/aromatic N) is 1. The molecule has 0 radical (unpaired) electrons. The zero-order chi connectivity index (χ0) is 19.6. The molecule has 0 fully saturated rings. The summed E-state index contributed by atoms with van der Waals surface area (Å²) in [6, 6.07) is 10.9. The molecule has 8 heteroatoms. The molecule has 27 heavy (non-hydrogen) atoms. The molecular formula is C19H15F3N2O3. The summed E-state index contributed by atoms with van der Waals surface area (Å²) in [7, 11) is 0. The van der Waals surface area contributed by atoms with E-state index in [1.807, 2.05) is 0 Å². The van der Waals surface area contributed by atoms with Crippen LogP contribution in [0.2, 0.25) is 0 Å². The number of carbonyl (C=O) groups excluding carboxylic acids is 1. The SMILES string of the molecule is CCOC(=O)c1nc(-c2ccc(C(F)(F)F)cc2)oc1-c1ccc(N)cc1. The average molecular weight is 376 g/mol. The second-order valence-electron chi connectivity index (χ2n) is 5.61. The maximum absolute atomic E-state index is 12.7. The highest BCUT2D eigenvalue weighted by Crippen LogP contribution is 2.33. The fourth-order valence-electron chi connectivity index (χ4n) is 2.41. The van der Waals surface area contributed by atoms with E-state index in [0.717, 1.165) is 12.1 Å². The van der Waals surface area contributed by atoms with E-state index in [9.17, 15) is 18.0 Å². The molecule has 3 aromatic rings. The Hall–Kier alpha value is -3.29. The van der Waals surface area contributed by atoms with Crippen LogP contribution in [0.15, 0.2) is 52.9 Å². The fraction of sp³-hybridized carbons (Fsp3) is 0.158. The number of esters is 1. The predicted octanol–water partition coefficient (Wildman–Crippen LogP) is 4.79. The normalized spacial score (nSPS) is 11.4. The van der Waals surface area contributed by atoms with Gasteiger partial charge in [0, 0.05) is 16.8 Å². The van der Waals surface area contributed by atoms with Crippen molar-refractivity contribution in [2.45, 2.75) is 13.1 Å². The monoisotopic (exact) mass is 376 g/mol. The van der Waals surface area contributed by atoms with Gasteiger partial charge in [0.1, 0.15) is 0 Å². The first kappa shape index (κ1) is 18.5. The largest absolute Gasteiger partial charge is 0.461 e. The molecule has 1 aromatic heterocycles. The Morgan fingerprint density at radius 1 is 1.07 bits per heavy atom. The summed E-state index contributed by atoms with van der Waals surface area (Å²) in [5.41, 5.74) is 6.19. The van der Waals surface area contributed by atoms with E-state index in [2.05, 4.69) is 4.98 Å². The van der Waals surface area contributed by atoms with Crippen LogP contribution in [0.4, 0.5) is 18.9 Å². The van der Waals surface area contributed by atoms with E-state index in [1.54, 1.807) is 31.2 Å². The van der Waals surface area contributed by atoms with Crippen molar-refractivity contribution in [3.63, 3.8) is 0 Å². The Morgan fingerprint density at radius 3 is 2.22 bits per heavy atom. The highest BCUT2D eigenvalue weighted by atomic mass is 19.4. The molecule has 0 amide bonds. The first-order valence-electron chi connectivity index (χ1n) is 8.01. The first-order chi connectivity index (χ1) is 12.8. The second kappa shape index (κ2) is 7.14. The van der Waals surface area contributed by atoms with Gasteiger partial charge in [-0.3, -0.25) is 0 Å². The minimum Gasteiger partial charge on any atom is -0.461 e. The average Bonchev–Trinajstić information content (AvgIpc) is 3.07. The fourth-order valence-corrected chi connectivity index (χ4v) is 2.41. The molecule has 0 unspecified atom stereocenters. The Labute approximate surface area is 152 Å². The molecule has 2 N–H and O–H groups in total. The molecule has 3 rings (SSSR count). The molecule has 0 spiro atoms. The standard InChI is InChI=1S/C19H15F3N2O3/c1-2-26-18(25)15-16(11-5-9-14(23)10-6-11)27-17(24-15)12-3-7-13(8-4-12)19(20,21)22/h3-10H,2,23H2,1H3. The third-order valence-electron chi connectivity index (χ3n) is 3.73. The zero-order valence-corrected chi connectivity index (χ0v) is 14.2. The summed E-state index contributed by atoms with van der Waals surface area (Å²) in [5.74, 6) is -0.520. The smallest absolute Gasteiger partial charge is 0.416 e. The van der Waals surface area contributed by atoms with Gasteiger partial charge in [-0.2, -0.15) is 13.2 Å². The maximum Gasteiger partial charge on any atom is 0.416 e. The number of rotatable bonds is 4. The number of aromatic nitrogens is 1. The Kier molecular flexibility index (Phi) is 4.89. The number of carbonyl (C=O) groups is 1. The molecule has 2 aromatic carbocycles. The molecular weight excluding hydrogens is 361 g/mol. The van der Waals surface area contributed by atoms with E-state index in [1.165, 1.54) is 12.1 Å². The minimum atomic E-state index is -4.44.